The Morgan fingerprint density at radius 1 is 1.00 bits per heavy atom. The minimum atomic E-state index is -4.72. The first kappa shape index (κ1) is 14.8. The molecule has 106 valence electrons. The van der Waals surface area contributed by atoms with Crippen LogP contribution in [0.25, 0.3) is 0 Å². The zero-order chi connectivity index (χ0) is 14.9. The van der Waals surface area contributed by atoms with Gasteiger partial charge in [-0.1, -0.05) is 29.8 Å². The molecule has 2 N–H and O–H groups in total. The first-order valence-corrected chi connectivity index (χ1v) is 6.04. The Hall–Kier alpha value is -1.59. The molecule has 1 atom stereocenters. The van der Waals surface area contributed by atoms with E-state index in [2.05, 4.69) is 0 Å². The molecule has 0 saturated heterocycles. The Bertz CT molecular complexity index is 625. The second kappa shape index (κ2) is 5.42. The van der Waals surface area contributed by atoms with Gasteiger partial charge in [-0.2, -0.15) is 13.2 Å². The summed E-state index contributed by atoms with van der Waals surface area (Å²) in [6.45, 7) is 0. The lowest BCUT2D eigenvalue weighted by Gasteiger charge is -2.15. The van der Waals surface area contributed by atoms with Gasteiger partial charge in [0.05, 0.1) is 11.6 Å². The zero-order valence-corrected chi connectivity index (χ0v) is 10.8. The summed E-state index contributed by atoms with van der Waals surface area (Å²) in [5.41, 5.74) is 5.44. The largest absolute Gasteiger partial charge is 0.419 e. The Morgan fingerprint density at radius 3 is 2.20 bits per heavy atom. The number of alkyl halides is 3. The molecule has 0 aromatic heterocycles. The number of hydrogen-bond acceptors (Lipinski definition) is 1. The summed E-state index contributed by atoms with van der Waals surface area (Å²) in [6.07, 6.45) is -4.72. The second-order valence-corrected chi connectivity index (χ2v) is 4.71. The maximum absolute atomic E-state index is 13.5. The Kier molecular flexibility index (Phi) is 4.01. The molecule has 0 aliphatic carbocycles. The van der Waals surface area contributed by atoms with E-state index < -0.39 is 23.6 Å². The van der Waals surface area contributed by atoms with E-state index in [0.717, 1.165) is 12.1 Å². The van der Waals surface area contributed by atoms with E-state index in [0.29, 0.717) is 16.7 Å². The van der Waals surface area contributed by atoms with Crippen molar-refractivity contribution in [1.82, 2.24) is 0 Å². The van der Waals surface area contributed by atoms with Crippen molar-refractivity contribution in [2.45, 2.75) is 12.2 Å². The summed E-state index contributed by atoms with van der Waals surface area (Å²) >= 11 is 5.81. The van der Waals surface area contributed by atoms with Crippen LogP contribution in [-0.2, 0) is 6.18 Å². The van der Waals surface area contributed by atoms with Crippen molar-refractivity contribution in [2.24, 2.45) is 5.73 Å². The highest BCUT2D eigenvalue weighted by Crippen LogP contribution is 2.33. The van der Waals surface area contributed by atoms with Crippen molar-refractivity contribution in [2.75, 3.05) is 0 Å². The molecule has 2 rings (SSSR count). The van der Waals surface area contributed by atoms with Crippen molar-refractivity contribution >= 4 is 11.6 Å². The summed E-state index contributed by atoms with van der Waals surface area (Å²) < 4.78 is 50.9. The quantitative estimate of drug-likeness (QED) is 0.810. The van der Waals surface area contributed by atoms with Crippen molar-refractivity contribution in [3.8, 4) is 0 Å². The number of rotatable bonds is 2. The molecule has 1 nitrogen and oxygen atoms in total. The van der Waals surface area contributed by atoms with Crippen molar-refractivity contribution in [1.29, 1.82) is 0 Å². The van der Waals surface area contributed by atoms with E-state index >= 15 is 0 Å². The molecule has 0 heterocycles. The second-order valence-electron chi connectivity index (χ2n) is 4.27. The first-order valence-electron chi connectivity index (χ1n) is 5.66. The lowest BCUT2D eigenvalue weighted by atomic mass is 9.98. The van der Waals surface area contributed by atoms with E-state index in [9.17, 15) is 17.6 Å². The monoisotopic (exact) mass is 303 g/mol. The topological polar surface area (TPSA) is 26.0 Å². The van der Waals surface area contributed by atoms with Gasteiger partial charge in [-0.15, -0.1) is 0 Å². The molecule has 0 aliphatic heterocycles. The van der Waals surface area contributed by atoms with Crippen molar-refractivity contribution in [3.63, 3.8) is 0 Å². The molecule has 0 aliphatic rings. The maximum Gasteiger partial charge on any atom is 0.419 e. The van der Waals surface area contributed by atoms with E-state index in [1.165, 1.54) is 0 Å². The molecular formula is C14H10ClF4N. The lowest BCUT2D eigenvalue weighted by molar-refractivity contribution is -0.140. The van der Waals surface area contributed by atoms with Crippen LogP contribution >= 0.6 is 11.6 Å². The molecule has 2 aromatic carbocycles. The predicted molar refractivity (Wildman–Crippen MR) is 68.9 cm³/mol. The molecular weight excluding hydrogens is 294 g/mol. The standard InChI is InChI=1S/C14H10ClF4N/c15-10-3-1-2-8(6-10)13(20)9-4-5-11(12(16)7-9)14(17,18)19/h1-7,13H,20H2. The normalized spacial score (nSPS) is 13.3. The smallest absolute Gasteiger partial charge is 0.320 e. The zero-order valence-electron chi connectivity index (χ0n) is 10.1. The Balaban J connectivity index is 2.37. The van der Waals surface area contributed by atoms with Gasteiger partial charge in [0.15, 0.2) is 0 Å². The minimum absolute atomic E-state index is 0.248. The highest BCUT2D eigenvalue weighted by molar-refractivity contribution is 6.30. The van der Waals surface area contributed by atoms with Crippen LogP contribution in [-0.4, -0.2) is 0 Å². The van der Waals surface area contributed by atoms with E-state index in [-0.39, 0.29) is 5.56 Å². The van der Waals surface area contributed by atoms with Gasteiger partial charge in [0.1, 0.15) is 5.82 Å². The van der Waals surface area contributed by atoms with E-state index in [4.69, 9.17) is 17.3 Å². The summed E-state index contributed by atoms with van der Waals surface area (Å²) in [6, 6.07) is 8.48. The van der Waals surface area contributed by atoms with Crippen LogP contribution in [0.4, 0.5) is 17.6 Å². The fraction of sp³-hybridized carbons (Fsp3) is 0.143. The molecule has 0 bridgehead atoms. The molecule has 0 radical (unpaired) electrons. The van der Waals surface area contributed by atoms with Crippen LogP contribution in [0.1, 0.15) is 22.7 Å². The van der Waals surface area contributed by atoms with Gasteiger partial charge in [-0.3, -0.25) is 0 Å². The molecule has 0 amide bonds. The van der Waals surface area contributed by atoms with Gasteiger partial charge in [-0.25, -0.2) is 4.39 Å². The predicted octanol–water partition coefficient (Wildman–Crippen LogP) is 4.55. The minimum Gasteiger partial charge on any atom is -0.320 e. The first-order chi connectivity index (χ1) is 9.29. The highest BCUT2D eigenvalue weighted by atomic mass is 35.5. The molecule has 1 unspecified atom stereocenters. The Labute approximate surface area is 118 Å². The van der Waals surface area contributed by atoms with Gasteiger partial charge in [0.2, 0.25) is 0 Å². The third-order valence-electron chi connectivity index (χ3n) is 2.87. The van der Waals surface area contributed by atoms with Crippen LogP contribution in [0.2, 0.25) is 5.02 Å². The lowest BCUT2D eigenvalue weighted by Crippen LogP contribution is -2.14. The third-order valence-corrected chi connectivity index (χ3v) is 3.10. The maximum atomic E-state index is 13.5. The van der Waals surface area contributed by atoms with Gasteiger partial charge < -0.3 is 5.73 Å². The van der Waals surface area contributed by atoms with Crippen molar-refractivity contribution < 1.29 is 17.6 Å². The average Bonchev–Trinajstić information content (AvgIpc) is 2.36. The number of nitrogens with two attached hydrogens (primary N) is 1. The van der Waals surface area contributed by atoms with Gasteiger partial charge in [0, 0.05) is 5.02 Å². The fourth-order valence-corrected chi connectivity index (χ4v) is 2.05. The van der Waals surface area contributed by atoms with Gasteiger partial charge in [0.25, 0.3) is 0 Å². The molecule has 0 saturated carbocycles. The number of benzene rings is 2. The van der Waals surface area contributed by atoms with Crippen LogP contribution in [0.15, 0.2) is 42.5 Å². The third kappa shape index (κ3) is 3.11. The Morgan fingerprint density at radius 2 is 1.65 bits per heavy atom. The highest BCUT2D eigenvalue weighted by Gasteiger charge is 2.34. The molecule has 0 fully saturated rings. The van der Waals surface area contributed by atoms with Crippen LogP contribution in [0.5, 0.6) is 0 Å². The van der Waals surface area contributed by atoms with Crippen molar-refractivity contribution in [3.05, 3.63) is 70.0 Å². The van der Waals surface area contributed by atoms with E-state index in [1.54, 1.807) is 24.3 Å². The van der Waals surface area contributed by atoms with Crippen LogP contribution in [0.3, 0.4) is 0 Å². The summed E-state index contributed by atoms with van der Waals surface area (Å²) in [7, 11) is 0. The number of hydrogen-bond donors (Lipinski definition) is 1. The molecule has 20 heavy (non-hydrogen) atoms. The number of halogens is 5. The summed E-state index contributed by atoms with van der Waals surface area (Å²) in [5.74, 6) is -1.34. The van der Waals surface area contributed by atoms with Gasteiger partial charge >= 0.3 is 6.18 Å². The molecule has 6 heteroatoms. The van der Waals surface area contributed by atoms with E-state index in [1.807, 2.05) is 0 Å². The van der Waals surface area contributed by atoms with Crippen LogP contribution < -0.4 is 5.73 Å². The fourth-order valence-electron chi connectivity index (χ4n) is 1.85. The summed E-state index contributed by atoms with van der Waals surface area (Å²) in [4.78, 5) is 0. The molecule has 0 spiro atoms. The van der Waals surface area contributed by atoms with Crippen LogP contribution in [0, 0.1) is 5.82 Å². The average molecular weight is 304 g/mol. The summed E-state index contributed by atoms with van der Waals surface area (Å²) in [5, 5.41) is 0.449. The van der Waals surface area contributed by atoms with Gasteiger partial charge in [-0.05, 0) is 35.4 Å². The SMILES string of the molecule is NC(c1cccc(Cl)c1)c1ccc(C(F)(F)F)c(F)c1. The molecule has 2 aromatic rings.